The fourth-order valence-corrected chi connectivity index (χ4v) is 8.50. The predicted molar refractivity (Wildman–Crippen MR) is 122 cm³/mol. The van der Waals surface area contributed by atoms with Gasteiger partial charge in [0.15, 0.2) is 0 Å². The Morgan fingerprint density at radius 2 is 1.55 bits per heavy atom. The molecule has 31 heavy (non-hydrogen) atoms. The molecule has 0 aromatic heterocycles. The summed E-state index contributed by atoms with van der Waals surface area (Å²) in [5.41, 5.74) is 0.0901. The lowest BCUT2D eigenvalue weighted by Gasteiger charge is -2.42. The summed E-state index contributed by atoms with van der Waals surface area (Å²) in [6.45, 7) is 0.812. The Morgan fingerprint density at radius 1 is 0.903 bits per heavy atom. The van der Waals surface area contributed by atoms with Gasteiger partial charge < -0.3 is 0 Å². The van der Waals surface area contributed by atoms with Crippen molar-refractivity contribution in [3.05, 3.63) is 58.1 Å². The van der Waals surface area contributed by atoms with E-state index in [9.17, 15) is 16.8 Å². The first-order chi connectivity index (χ1) is 14.6. The SMILES string of the molecule is O=S(=O)(NC1(Cc2ccc(Cl)cc2Cl)CCC1)c1ccccc1S(=O)(=O)N1CCCC1. The predicted octanol–water partition coefficient (Wildman–Crippen LogP) is 4.22. The van der Waals surface area contributed by atoms with E-state index in [-0.39, 0.29) is 9.79 Å². The molecule has 0 amide bonds. The molecule has 4 rings (SSSR count). The van der Waals surface area contributed by atoms with E-state index in [1.54, 1.807) is 30.3 Å². The molecular weight excluding hydrogens is 479 g/mol. The van der Waals surface area contributed by atoms with Gasteiger partial charge in [0.25, 0.3) is 0 Å². The fourth-order valence-electron chi connectivity index (χ4n) is 4.24. The van der Waals surface area contributed by atoms with E-state index < -0.39 is 25.6 Å². The normalized spacial score (nSPS) is 19.3. The molecule has 2 aromatic rings. The van der Waals surface area contributed by atoms with Gasteiger partial charge in [0.05, 0.1) is 0 Å². The molecule has 168 valence electrons. The standard InChI is InChI=1S/C21H24Cl2N2O4S2/c22-17-9-8-16(18(23)14-17)15-21(10-5-11-21)24-30(26,27)19-6-1-2-7-20(19)31(28,29)25-12-3-4-13-25/h1-2,6-9,14,24H,3-5,10-13,15H2. The van der Waals surface area contributed by atoms with Gasteiger partial charge in [0.2, 0.25) is 20.0 Å². The molecule has 0 atom stereocenters. The second-order valence-electron chi connectivity index (χ2n) is 8.21. The average Bonchev–Trinajstić information content (AvgIpc) is 3.24. The monoisotopic (exact) mass is 502 g/mol. The molecule has 1 saturated carbocycles. The third kappa shape index (κ3) is 4.65. The Morgan fingerprint density at radius 3 is 2.13 bits per heavy atom. The van der Waals surface area contributed by atoms with Crippen molar-refractivity contribution in [1.29, 1.82) is 0 Å². The molecule has 6 nitrogen and oxygen atoms in total. The third-order valence-corrected chi connectivity index (χ3v) is 10.3. The lowest BCUT2D eigenvalue weighted by molar-refractivity contribution is 0.220. The number of halogens is 2. The quantitative estimate of drug-likeness (QED) is 0.613. The number of sulfonamides is 2. The van der Waals surface area contributed by atoms with E-state index in [1.165, 1.54) is 16.4 Å². The van der Waals surface area contributed by atoms with Crippen molar-refractivity contribution >= 4 is 43.2 Å². The molecule has 1 aliphatic carbocycles. The van der Waals surface area contributed by atoms with Crippen molar-refractivity contribution in [2.24, 2.45) is 0 Å². The number of nitrogens with one attached hydrogen (secondary N) is 1. The molecule has 0 bridgehead atoms. The van der Waals surface area contributed by atoms with Crippen molar-refractivity contribution in [2.45, 2.75) is 53.9 Å². The zero-order valence-electron chi connectivity index (χ0n) is 16.9. The molecule has 0 spiro atoms. The Bertz CT molecular complexity index is 1190. The van der Waals surface area contributed by atoms with Gasteiger partial charge >= 0.3 is 0 Å². The van der Waals surface area contributed by atoms with E-state index >= 15 is 0 Å². The van der Waals surface area contributed by atoms with Gasteiger partial charge in [-0.15, -0.1) is 0 Å². The van der Waals surface area contributed by atoms with Gasteiger partial charge in [0.1, 0.15) is 9.79 Å². The minimum atomic E-state index is -4.09. The Balaban J connectivity index is 1.66. The van der Waals surface area contributed by atoms with Gasteiger partial charge in [-0.1, -0.05) is 41.4 Å². The van der Waals surface area contributed by atoms with Crippen LogP contribution in [0, 0.1) is 0 Å². The lowest BCUT2D eigenvalue weighted by Crippen LogP contribution is -2.55. The highest BCUT2D eigenvalue weighted by molar-refractivity contribution is 7.92. The van der Waals surface area contributed by atoms with Crippen molar-refractivity contribution in [3.63, 3.8) is 0 Å². The summed E-state index contributed by atoms with van der Waals surface area (Å²) < 4.78 is 57.2. The second-order valence-corrected chi connectivity index (χ2v) is 12.6. The number of benzene rings is 2. The molecule has 10 heteroatoms. The molecular formula is C21H24Cl2N2O4S2. The van der Waals surface area contributed by atoms with Crippen molar-refractivity contribution in [1.82, 2.24) is 9.03 Å². The zero-order valence-corrected chi connectivity index (χ0v) is 20.0. The van der Waals surface area contributed by atoms with Crippen LogP contribution in [0.1, 0.15) is 37.7 Å². The van der Waals surface area contributed by atoms with Gasteiger partial charge in [0, 0.05) is 28.7 Å². The maximum atomic E-state index is 13.4. The van der Waals surface area contributed by atoms with E-state index in [1.807, 2.05) is 0 Å². The highest BCUT2D eigenvalue weighted by Crippen LogP contribution is 2.39. The van der Waals surface area contributed by atoms with Crippen LogP contribution in [0.25, 0.3) is 0 Å². The summed E-state index contributed by atoms with van der Waals surface area (Å²) in [7, 11) is -7.98. The van der Waals surface area contributed by atoms with Crippen molar-refractivity contribution in [2.75, 3.05) is 13.1 Å². The van der Waals surface area contributed by atoms with Crippen LogP contribution < -0.4 is 4.72 Å². The van der Waals surface area contributed by atoms with Crippen LogP contribution in [0.2, 0.25) is 10.0 Å². The molecule has 0 radical (unpaired) electrons. The summed E-state index contributed by atoms with van der Waals surface area (Å²) in [6, 6.07) is 11.0. The first kappa shape index (κ1) is 23.0. The van der Waals surface area contributed by atoms with Crippen LogP contribution in [0.15, 0.2) is 52.3 Å². The highest BCUT2D eigenvalue weighted by Gasteiger charge is 2.42. The Hall–Kier alpha value is -1.16. The average molecular weight is 503 g/mol. The minimum Gasteiger partial charge on any atom is -0.207 e. The summed E-state index contributed by atoms with van der Waals surface area (Å²) in [6.07, 6.45) is 4.12. The number of hydrogen-bond acceptors (Lipinski definition) is 4. The second kappa shape index (κ2) is 8.65. The molecule has 0 unspecified atom stereocenters. The number of rotatable bonds is 7. The number of hydrogen-bond donors (Lipinski definition) is 1. The molecule has 1 heterocycles. The smallest absolute Gasteiger partial charge is 0.207 e. The van der Waals surface area contributed by atoms with E-state index in [0.29, 0.717) is 42.4 Å². The minimum absolute atomic E-state index is 0.177. The van der Waals surface area contributed by atoms with Crippen molar-refractivity contribution < 1.29 is 16.8 Å². The first-order valence-corrected chi connectivity index (χ1v) is 13.9. The lowest BCUT2D eigenvalue weighted by atomic mass is 9.74. The Labute approximate surface area is 193 Å². The Kier molecular flexibility index (Phi) is 6.42. The van der Waals surface area contributed by atoms with Gasteiger partial charge in [-0.25, -0.2) is 21.6 Å². The summed E-state index contributed by atoms with van der Waals surface area (Å²) in [5, 5.41) is 0.994. The summed E-state index contributed by atoms with van der Waals surface area (Å²) in [4.78, 5) is -0.390. The molecule has 2 fully saturated rings. The van der Waals surface area contributed by atoms with E-state index in [2.05, 4.69) is 4.72 Å². The molecule has 1 N–H and O–H groups in total. The van der Waals surface area contributed by atoms with Crippen LogP contribution in [-0.4, -0.2) is 39.8 Å². The maximum Gasteiger partial charge on any atom is 0.244 e. The van der Waals surface area contributed by atoms with Gasteiger partial charge in [-0.3, -0.25) is 0 Å². The molecule has 1 aliphatic heterocycles. The molecule has 2 aromatic carbocycles. The van der Waals surface area contributed by atoms with Crippen LogP contribution in [0.4, 0.5) is 0 Å². The topological polar surface area (TPSA) is 83.5 Å². The van der Waals surface area contributed by atoms with Crippen LogP contribution >= 0.6 is 23.2 Å². The summed E-state index contributed by atoms with van der Waals surface area (Å²) >= 11 is 12.3. The third-order valence-electron chi connectivity index (χ3n) is 6.03. The van der Waals surface area contributed by atoms with Gasteiger partial charge in [-0.2, -0.15) is 4.31 Å². The van der Waals surface area contributed by atoms with Gasteiger partial charge in [-0.05, 0) is 68.4 Å². The number of nitrogens with zero attached hydrogens (tertiary/aromatic N) is 1. The maximum absolute atomic E-state index is 13.4. The van der Waals surface area contributed by atoms with Crippen LogP contribution in [0.3, 0.4) is 0 Å². The van der Waals surface area contributed by atoms with Crippen LogP contribution in [-0.2, 0) is 26.5 Å². The first-order valence-electron chi connectivity index (χ1n) is 10.2. The molecule has 1 saturated heterocycles. The highest BCUT2D eigenvalue weighted by atomic mass is 35.5. The van der Waals surface area contributed by atoms with Crippen molar-refractivity contribution in [3.8, 4) is 0 Å². The zero-order chi connectivity index (χ0) is 22.3. The van der Waals surface area contributed by atoms with Crippen LogP contribution in [0.5, 0.6) is 0 Å². The fraction of sp³-hybridized carbons (Fsp3) is 0.429. The van der Waals surface area contributed by atoms with E-state index in [0.717, 1.165) is 24.8 Å². The van der Waals surface area contributed by atoms with E-state index in [4.69, 9.17) is 23.2 Å². The largest absolute Gasteiger partial charge is 0.244 e. The summed E-state index contributed by atoms with van der Waals surface area (Å²) in [5.74, 6) is 0. The molecule has 2 aliphatic rings.